The second-order valence-electron chi connectivity index (χ2n) is 4.89. The van der Waals surface area contributed by atoms with Gasteiger partial charge < -0.3 is 5.11 Å². The standard InChI is InChI=1S/C13H19NO3S/c1-11(12-5-3-2-4-6-12)10-18(16,17)14-8-7-13(15)9-14/h2-6,11,13,15H,7-10H2,1H3/t11?,13-/m0/s1. The highest BCUT2D eigenvalue weighted by atomic mass is 32.2. The van der Waals surface area contributed by atoms with Crippen LogP contribution in [-0.2, 0) is 10.0 Å². The quantitative estimate of drug-likeness (QED) is 0.893. The molecule has 0 amide bonds. The minimum Gasteiger partial charge on any atom is -0.392 e. The van der Waals surface area contributed by atoms with Crippen LogP contribution >= 0.6 is 0 Å². The summed E-state index contributed by atoms with van der Waals surface area (Å²) in [5.41, 5.74) is 1.03. The Morgan fingerprint density at radius 3 is 2.61 bits per heavy atom. The summed E-state index contributed by atoms with van der Waals surface area (Å²) in [6.45, 7) is 2.59. The Morgan fingerprint density at radius 2 is 2.06 bits per heavy atom. The van der Waals surface area contributed by atoms with Crippen LogP contribution in [0, 0.1) is 0 Å². The van der Waals surface area contributed by atoms with Crippen LogP contribution in [0.25, 0.3) is 0 Å². The van der Waals surface area contributed by atoms with Crippen molar-refractivity contribution in [3.05, 3.63) is 35.9 Å². The maximum Gasteiger partial charge on any atom is 0.214 e. The maximum absolute atomic E-state index is 12.2. The van der Waals surface area contributed by atoms with Gasteiger partial charge in [0.1, 0.15) is 0 Å². The lowest BCUT2D eigenvalue weighted by Crippen LogP contribution is -2.33. The van der Waals surface area contributed by atoms with E-state index in [1.807, 2.05) is 37.3 Å². The first-order valence-corrected chi connectivity index (χ1v) is 7.81. The summed E-state index contributed by atoms with van der Waals surface area (Å²) in [5.74, 6) is 0.0675. The van der Waals surface area contributed by atoms with Crippen LogP contribution in [-0.4, -0.2) is 42.8 Å². The number of aliphatic hydroxyl groups is 1. The molecule has 0 saturated carbocycles. The van der Waals surface area contributed by atoms with Crippen molar-refractivity contribution in [2.45, 2.75) is 25.4 Å². The third kappa shape index (κ3) is 3.10. The molecule has 1 aliphatic heterocycles. The van der Waals surface area contributed by atoms with Gasteiger partial charge in [0.15, 0.2) is 0 Å². The lowest BCUT2D eigenvalue weighted by molar-refractivity contribution is 0.189. The fraction of sp³-hybridized carbons (Fsp3) is 0.538. The molecular weight excluding hydrogens is 250 g/mol. The van der Waals surface area contributed by atoms with Gasteiger partial charge in [-0.1, -0.05) is 37.3 Å². The molecule has 0 bridgehead atoms. The molecule has 1 aromatic rings. The van der Waals surface area contributed by atoms with E-state index in [0.717, 1.165) is 5.56 Å². The highest BCUT2D eigenvalue weighted by Crippen LogP contribution is 2.21. The van der Waals surface area contributed by atoms with E-state index in [4.69, 9.17) is 0 Å². The van der Waals surface area contributed by atoms with E-state index in [1.54, 1.807) is 0 Å². The molecule has 18 heavy (non-hydrogen) atoms. The highest BCUT2D eigenvalue weighted by Gasteiger charge is 2.31. The lowest BCUT2D eigenvalue weighted by Gasteiger charge is -2.19. The summed E-state index contributed by atoms with van der Waals surface area (Å²) in [5, 5.41) is 9.41. The molecule has 4 nitrogen and oxygen atoms in total. The third-order valence-electron chi connectivity index (χ3n) is 3.35. The number of aliphatic hydroxyl groups excluding tert-OH is 1. The van der Waals surface area contributed by atoms with E-state index < -0.39 is 16.1 Å². The predicted molar refractivity (Wildman–Crippen MR) is 70.8 cm³/mol. The van der Waals surface area contributed by atoms with E-state index in [9.17, 15) is 13.5 Å². The van der Waals surface area contributed by atoms with Crippen LogP contribution in [0.15, 0.2) is 30.3 Å². The number of hydrogen-bond acceptors (Lipinski definition) is 3. The summed E-state index contributed by atoms with van der Waals surface area (Å²) in [7, 11) is -3.27. The van der Waals surface area contributed by atoms with E-state index in [1.165, 1.54) is 4.31 Å². The van der Waals surface area contributed by atoms with Crippen molar-refractivity contribution in [2.75, 3.05) is 18.8 Å². The predicted octanol–water partition coefficient (Wildman–Crippen LogP) is 1.19. The first-order valence-electron chi connectivity index (χ1n) is 6.20. The number of rotatable bonds is 4. The molecule has 1 N–H and O–H groups in total. The molecule has 0 aromatic heterocycles. The summed E-state index contributed by atoms with van der Waals surface area (Å²) >= 11 is 0. The van der Waals surface area contributed by atoms with Gasteiger partial charge in [-0.2, -0.15) is 4.31 Å². The molecule has 1 unspecified atom stereocenters. The van der Waals surface area contributed by atoms with Gasteiger partial charge in [0.25, 0.3) is 0 Å². The van der Waals surface area contributed by atoms with E-state index in [-0.39, 0.29) is 18.2 Å². The topological polar surface area (TPSA) is 57.6 Å². The molecule has 2 rings (SSSR count). The molecule has 0 aliphatic carbocycles. The van der Waals surface area contributed by atoms with Gasteiger partial charge in [0.05, 0.1) is 11.9 Å². The molecule has 100 valence electrons. The first-order chi connectivity index (χ1) is 8.49. The summed E-state index contributed by atoms with van der Waals surface area (Å²) in [6, 6.07) is 9.63. The van der Waals surface area contributed by atoms with Crippen LogP contribution < -0.4 is 0 Å². The molecule has 1 aromatic carbocycles. The largest absolute Gasteiger partial charge is 0.392 e. The average molecular weight is 269 g/mol. The zero-order valence-corrected chi connectivity index (χ0v) is 11.3. The summed E-state index contributed by atoms with van der Waals surface area (Å²) in [6.07, 6.45) is 0.0330. The Balaban J connectivity index is 2.04. The van der Waals surface area contributed by atoms with Crippen LogP contribution in [0.2, 0.25) is 0 Å². The number of benzene rings is 1. The molecule has 1 aliphatic rings. The Bertz CT molecular complexity index is 486. The van der Waals surface area contributed by atoms with Crippen LogP contribution in [0.3, 0.4) is 0 Å². The summed E-state index contributed by atoms with van der Waals surface area (Å²) in [4.78, 5) is 0. The van der Waals surface area contributed by atoms with Gasteiger partial charge in [-0.3, -0.25) is 0 Å². The van der Waals surface area contributed by atoms with Gasteiger partial charge in [0, 0.05) is 13.1 Å². The highest BCUT2D eigenvalue weighted by molar-refractivity contribution is 7.89. The second kappa shape index (κ2) is 5.38. The Kier molecular flexibility index (Phi) is 4.04. The van der Waals surface area contributed by atoms with Crippen molar-refractivity contribution < 1.29 is 13.5 Å². The lowest BCUT2D eigenvalue weighted by atomic mass is 10.0. The molecule has 1 saturated heterocycles. The molecular formula is C13H19NO3S. The van der Waals surface area contributed by atoms with Crippen molar-refractivity contribution in [3.63, 3.8) is 0 Å². The SMILES string of the molecule is CC(CS(=O)(=O)N1CC[C@H](O)C1)c1ccccc1. The zero-order chi connectivity index (χ0) is 13.2. The minimum absolute atomic E-state index is 0.0334. The molecule has 2 atom stereocenters. The second-order valence-corrected chi connectivity index (χ2v) is 6.90. The van der Waals surface area contributed by atoms with Crippen LogP contribution in [0.4, 0.5) is 0 Å². The smallest absolute Gasteiger partial charge is 0.214 e. The normalized spacial score (nSPS) is 23.1. The zero-order valence-electron chi connectivity index (χ0n) is 10.5. The van der Waals surface area contributed by atoms with Crippen molar-refractivity contribution in [1.82, 2.24) is 4.31 Å². The van der Waals surface area contributed by atoms with Gasteiger partial charge in [-0.05, 0) is 17.9 Å². The van der Waals surface area contributed by atoms with E-state index in [2.05, 4.69) is 0 Å². The van der Waals surface area contributed by atoms with Crippen LogP contribution in [0.1, 0.15) is 24.8 Å². The van der Waals surface area contributed by atoms with Crippen molar-refractivity contribution >= 4 is 10.0 Å². The number of sulfonamides is 1. The maximum atomic E-state index is 12.2. The molecule has 1 fully saturated rings. The van der Waals surface area contributed by atoms with Crippen molar-refractivity contribution in [3.8, 4) is 0 Å². The van der Waals surface area contributed by atoms with Crippen molar-refractivity contribution in [1.29, 1.82) is 0 Å². The average Bonchev–Trinajstić information content (AvgIpc) is 2.77. The minimum atomic E-state index is -3.27. The molecule has 0 spiro atoms. The van der Waals surface area contributed by atoms with Crippen molar-refractivity contribution in [2.24, 2.45) is 0 Å². The fourth-order valence-corrected chi connectivity index (χ4v) is 4.08. The van der Waals surface area contributed by atoms with E-state index in [0.29, 0.717) is 13.0 Å². The first kappa shape index (κ1) is 13.5. The number of β-amino-alcohol motifs (C(OH)–C–C–N with tert-alkyl or cyclic N) is 1. The van der Waals surface area contributed by atoms with Gasteiger partial charge in [-0.25, -0.2) is 8.42 Å². The Hall–Kier alpha value is -0.910. The monoisotopic (exact) mass is 269 g/mol. The number of nitrogens with zero attached hydrogens (tertiary/aromatic N) is 1. The van der Waals surface area contributed by atoms with Crippen LogP contribution in [0.5, 0.6) is 0 Å². The third-order valence-corrected chi connectivity index (χ3v) is 5.39. The summed E-state index contributed by atoms with van der Waals surface area (Å²) < 4.78 is 25.8. The Labute approximate surface area is 108 Å². The number of hydrogen-bond donors (Lipinski definition) is 1. The fourth-order valence-electron chi connectivity index (χ4n) is 2.26. The molecule has 5 heteroatoms. The van der Waals surface area contributed by atoms with Gasteiger partial charge in [0.2, 0.25) is 10.0 Å². The van der Waals surface area contributed by atoms with Gasteiger partial charge in [-0.15, -0.1) is 0 Å². The van der Waals surface area contributed by atoms with Gasteiger partial charge >= 0.3 is 0 Å². The Morgan fingerprint density at radius 1 is 1.39 bits per heavy atom. The molecule has 1 heterocycles. The van der Waals surface area contributed by atoms with E-state index >= 15 is 0 Å². The molecule has 0 radical (unpaired) electrons.